The number of rotatable bonds is 4. The third kappa shape index (κ3) is 3.97. The number of primary amides is 1. The SMILES string of the molecule is CC1(C)CC(=O)C2=C(C1)Nc1ccccc1NC2c1ccc(OCC(N)=O)cc1. The van der Waals surface area contributed by atoms with Crippen molar-refractivity contribution in [3.63, 3.8) is 0 Å². The number of anilines is 2. The lowest BCUT2D eigenvalue weighted by Gasteiger charge is -2.34. The zero-order valence-electron chi connectivity index (χ0n) is 16.6. The number of carbonyl (C=O) groups excluding carboxylic acids is 2. The highest BCUT2D eigenvalue weighted by Crippen LogP contribution is 2.45. The molecular weight excluding hydrogens is 366 g/mol. The summed E-state index contributed by atoms with van der Waals surface area (Å²) in [5.74, 6) is 0.195. The van der Waals surface area contributed by atoms with E-state index < -0.39 is 5.91 Å². The molecule has 1 heterocycles. The minimum absolute atomic E-state index is 0.0841. The molecule has 0 saturated heterocycles. The van der Waals surface area contributed by atoms with Gasteiger partial charge in [0.25, 0.3) is 5.91 Å². The molecule has 0 bridgehead atoms. The number of ketones is 1. The fourth-order valence-electron chi connectivity index (χ4n) is 4.05. The summed E-state index contributed by atoms with van der Waals surface area (Å²) in [5, 5.41) is 7.06. The van der Waals surface area contributed by atoms with Crippen LogP contribution in [0.15, 0.2) is 59.8 Å². The fourth-order valence-corrected chi connectivity index (χ4v) is 4.05. The molecule has 0 aromatic heterocycles. The van der Waals surface area contributed by atoms with Crippen molar-refractivity contribution in [1.29, 1.82) is 0 Å². The molecule has 1 aliphatic heterocycles. The molecule has 0 radical (unpaired) electrons. The molecule has 1 aliphatic carbocycles. The quantitative estimate of drug-likeness (QED) is 0.738. The Kier molecular flexibility index (Phi) is 4.78. The highest BCUT2D eigenvalue weighted by molar-refractivity contribution is 6.01. The van der Waals surface area contributed by atoms with Crippen LogP contribution in [0.5, 0.6) is 5.75 Å². The zero-order chi connectivity index (χ0) is 20.6. The Hall–Kier alpha value is -3.28. The molecule has 6 heteroatoms. The van der Waals surface area contributed by atoms with Gasteiger partial charge in [-0.2, -0.15) is 0 Å². The van der Waals surface area contributed by atoms with Crippen LogP contribution in [0, 0.1) is 5.41 Å². The van der Waals surface area contributed by atoms with E-state index in [0.717, 1.165) is 34.6 Å². The molecule has 4 N–H and O–H groups in total. The molecule has 29 heavy (non-hydrogen) atoms. The maximum absolute atomic E-state index is 13.2. The minimum atomic E-state index is -0.521. The number of amides is 1. The Morgan fingerprint density at radius 3 is 2.48 bits per heavy atom. The number of fused-ring (bicyclic) bond motifs is 1. The van der Waals surface area contributed by atoms with Crippen LogP contribution in [0.4, 0.5) is 11.4 Å². The van der Waals surface area contributed by atoms with Gasteiger partial charge >= 0.3 is 0 Å². The average molecular weight is 391 g/mol. The van der Waals surface area contributed by atoms with Gasteiger partial charge in [0.2, 0.25) is 0 Å². The van der Waals surface area contributed by atoms with Crippen molar-refractivity contribution in [3.8, 4) is 5.75 Å². The molecule has 0 saturated carbocycles. The van der Waals surface area contributed by atoms with Gasteiger partial charge in [-0.25, -0.2) is 0 Å². The Balaban J connectivity index is 1.74. The molecule has 1 atom stereocenters. The van der Waals surface area contributed by atoms with Crippen molar-refractivity contribution in [2.75, 3.05) is 17.2 Å². The molecule has 0 fully saturated rings. The average Bonchev–Trinajstić information content (AvgIpc) is 2.82. The van der Waals surface area contributed by atoms with Crippen molar-refractivity contribution >= 4 is 23.1 Å². The summed E-state index contributed by atoms with van der Waals surface area (Å²) in [4.78, 5) is 24.1. The normalized spacial score (nSPS) is 19.9. The molecular formula is C23H25N3O3. The van der Waals surface area contributed by atoms with Gasteiger partial charge < -0.3 is 21.1 Å². The molecule has 2 aromatic carbocycles. The summed E-state index contributed by atoms with van der Waals surface area (Å²) < 4.78 is 5.36. The number of nitrogens with two attached hydrogens (primary N) is 1. The number of ether oxygens (including phenoxy) is 1. The number of hydrogen-bond acceptors (Lipinski definition) is 5. The Bertz CT molecular complexity index is 993. The third-order valence-corrected chi connectivity index (χ3v) is 5.32. The summed E-state index contributed by atoms with van der Waals surface area (Å²) in [6.07, 6.45) is 1.32. The van der Waals surface area contributed by atoms with Gasteiger partial charge in [-0.3, -0.25) is 9.59 Å². The van der Waals surface area contributed by atoms with Crippen molar-refractivity contribution < 1.29 is 14.3 Å². The van der Waals surface area contributed by atoms with E-state index in [0.29, 0.717) is 12.2 Å². The minimum Gasteiger partial charge on any atom is -0.484 e. The number of Topliss-reactive ketones (excluding diaryl/α,β-unsaturated/α-hetero) is 1. The summed E-state index contributed by atoms with van der Waals surface area (Å²) in [6, 6.07) is 15.1. The third-order valence-electron chi connectivity index (χ3n) is 5.32. The molecule has 2 aliphatic rings. The summed E-state index contributed by atoms with van der Waals surface area (Å²) in [6.45, 7) is 4.09. The van der Waals surface area contributed by atoms with Gasteiger partial charge in [-0.15, -0.1) is 0 Å². The topological polar surface area (TPSA) is 93.4 Å². The van der Waals surface area contributed by atoms with E-state index in [1.54, 1.807) is 12.1 Å². The molecule has 2 aromatic rings. The van der Waals surface area contributed by atoms with Crippen molar-refractivity contribution in [1.82, 2.24) is 0 Å². The van der Waals surface area contributed by atoms with Gasteiger partial charge in [0.1, 0.15) is 5.75 Å². The van der Waals surface area contributed by atoms with E-state index in [1.807, 2.05) is 36.4 Å². The largest absolute Gasteiger partial charge is 0.484 e. The van der Waals surface area contributed by atoms with Crippen LogP contribution in [-0.2, 0) is 9.59 Å². The van der Waals surface area contributed by atoms with Gasteiger partial charge in [0.05, 0.1) is 17.4 Å². The number of hydrogen-bond donors (Lipinski definition) is 3. The highest BCUT2D eigenvalue weighted by Gasteiger charge is 2.38. The number of para-hydroxylation sites is 2. The lowest BCUT2D eigenvalue weighted by Crippen LogP contribution is -2.31. The van der Waals surface area contributed by atoms with Crippen LogP contribution in [0.3, 0.4) is 0 Å². The van der Waals surface area contributed by atoms with Crippen molar-refractivity contribution in [3.05, 3.63) is 65.4 Å². The lowest BCUT2D eigenvalue weighted by atomic mass is 9.73. The van der Waals surface area contributed by atoms with E-state index in [-0.39, 0.29) is 23.8 Å². The second kappa shape index (κ2) is 7.28. The van der Waals surface area contributed by atoms with Crippen LogP contribution in [0.25, 0.3) is 0 Å². The summed E-state index contributed by atoms with van der Waals surface area (Å²) in [7, 11) is 0. The van der Waals surface area contributed by atoms with E-state index in [1.165, 1.54) is 0 Å². The summed E-state index contributed by atoms with van der Waals surface area (Å²) in [5.41, 5.74) is 9.68. The van der Waals surface area contributed by atoms with Gasteiger partial charge in [0, 0.05) is 17.7 Å². The van der Waals surface area contributed by atoms with Crippen LogP contribution in [0.1, 0.15) is 38.3 Å². The first-order chi connectivity index (χ1) is 13.8. The molecule has 6 nitrogen and oxygen atoms in total. The fraction of sp³-hybridized carbons (Fsp3) is 0.304. The van der Waals surface area contributed by atoms with E-state index >= 15 is 0 Å². The Morgan fingerprint density at radius 2 is 1.79 bits per heavy atom. The standard InChI is InChI=1S/C23H25N3O3/c1-23(2)11-18-21(19(27)12-23)22(26-17-6-4-3-5-16(17)25-18)14-7-9-15(10-8-14)29-13-20(24)28/h3-10,22,25-26H,11-13H2,1-2H3,(H2,24,28). The van der Waals surface area contributed by atoms with Crippen LogP contribution in [-0.4, -0.2) is 18.3 Å². The van der Waals surface area contributed by atoms with Gasteiger partial charge in [0.15, 0.2) is 12.4 Å². The number of allylic oxidation sites excluding steroid dienone is 1. The first-order valence-corrected chi connectivity index (χ1v) is 9.72. The summed E-state index contributed by atoms with van der Waals surface area (Å²) >= 11 is 0. The van der Waals surface area contributed by atoms with Gasteiger partial charge in [-0.05, 0) is 41.7 Å². The first kappa shape index (κ1) is 19.1. The smallest absolute Gasteiger partial charge is 0.255 e. The predicted molar refractivity (Wildman–Crippen MR) is 113 cm³/mol. The van der Waals surface area contributed by atoms with E-state index in [9.17, 15) is 9.59 Å². The number of nitrogens with one attached hydrogen (secondary N) is 2. The first-order valence-electron chi connectivity index (χ1n) is 9.72. The van der Waals surface area contributed by atoms with Crippen LogP contribution < -0.4 is 21.1 Å². The van der Waals surface area contributed by atoms with E-state index in [4.69, 9.17) is 10.5 Å². The second-order valence-corrected chi connectivity index (χ2v) is 8.41. The van der Waals surface area contributed by atoms with E-state index in [2.05, 4.69) is 24.5 Å². The number of carbonyl (C=O) groups is 2. The highest BCUT2D eigenvalue weighted by atomic mass is 16.5. The van der Waals surface area contributed by atoms with Crippen LogP contribution >= 0.6 is 0 Å². The molecule has 1 amide bonds. The molecule has 0 spiro atoms. The monoisotopic (exact) mass is 391 g/mol. The zero-order valence-corrected chi connectivity index (χ0v) is 16.6. The van der Waals surface area contributed by atoms with Gasteiger partial charge in [-0.1, -0.05) is 38.1 Å². The Labute approximate surface area is 170 Å². The lowest BCUT2D eigenvalue weighted by molar-refractivity contribution is -0.120. The maximum Gasteiger partial charge on any atom is 0.255 e. The molecule has 4 rings (SSSR count). The number of benzene rings is 2. The molecule has 150 valence electrons. The van der Waals surface area contributed by atoms with Crippen LogP contribution in [0.2, 0.25) is 0 Å². The second-order valence-electron chi connectivity index (χ2n) is 8.41. The van der Waals surface area contributed by atoms with Crippen molar-refractivity contribution in [2.24, 2.45) is 11.1 Å². The van der Waals surface area contributed by atoms with Crippen molar-refractivity contribution in [2.45, 2.75) is 32.7 Å². The maximum atomic E-state index is 13.2. The Morgan fingerprint density at radius 1 is 1.10 bits per heavy atom. The molecule has 1 unspecified atom stereocenters. The predicted octanol–water partition coefficient (Wildman–Crippen LogP) is 3.77.